The number of carbonyl (C=O) groups excluding carboxylic acids is 1. The van der Waals surface area contributed by atoms with E-state index in [9.17, 15) is 18.0 Å². The Kier molecular flexibility index (Phi) is 7.04. The number of pyridine rings is 1. The Labute approximate surface area is 176 Å². The number of unbranched alkanes of at least 4 members (excludes halogenated alkanes) is 2. The summed E-state index contributed by atoms with van der Waals surface area (Å²) in [5, 5.41) is 4.31. The number of hydrogen-bond donors (Lipinski definition) is 1. The number of carbonyl (C=O) groups is 1. The number of halogens is 3. The molecule has 2 aromatic heterocycles. The predicted molar refractivity (Wildman–Crippen MR) is 110 cm³/mol. The summed E-state index contributed by atoms with van der Waals surface area (Å²) in [5.41, 5.74) is 0.417. The first-order valence-electron chi connectivity index (χ1n) is 9.40. The Hall–Kier alpha value is -2.94. The summed E-state index contributed by atoms with van der Waals surface area (Å²) in [7, 11) is 0. The number of alkyl halides is 3. The number of aromatic nitrogens is 2. The van der Waals surface area contributed by atoms with Crippen molar-refractivity contribution in [3.8, 4) is 17.0 Å². The van der Waals surface area contributed by atoms with E-state index in [1.54, 1.807) is 29.9 Å². The lowest BCUT2D eigenvalue weighted by Crippen LogP contribution is -2.14. The minimum absolute atomic E-state index is 0.0198. The van der Waals surface area contributed by atoms with Crippen LogP contribution in [0.15, 0.2) is 48.1 Å². The van der Waals surface area contributed by atoms with Crippen molar-refractivity contribution in [2.45, 2.75) is 32.4 Å². The summed E-state index contributed by atoms with van der Waals surface area (Å²) in [6.45, 7) is 2.21. The molecule has 3 aromatic rings. The highest BCUT2D eigenvalue weighted by Gasteiger charge is 2.35. The van der Waals surface area contributed by atoms with Crippen molar-refractivity contribution in [1.82, 2.24) is 9.97 Å². The van der Waals surface area contributed by atoms with E-state index in [1.165, 1.54) is 12.1 Å². The van der Waals surface area contributed by atoms with Crippen LogP contribution in [0, 0.1) is 0 Å². The number of amides is 1. The van der Waals surface area contributed by atoms with E-state index < -0.39 is 17.6 Å². The van der Waals surface area contributed by atoms with Gasteiger partial charge in [-0.05, 0) is 36.8 Å². The van der Waals surface area contributed by atoms with Crippen LogP contribution in [0.25, 0.3) is 11.3 Å². The van der Waals surface area contributed by atoms with Crippen molar-refractivity contribution < 1.29 is 22.7 Å². The molecule has 0 fully saturated rings. The normalized spacial score (nSPS) is 11.3. The molecule has 0 saturated heterocycles. The van der Waals surface area contributed by atoms with E-state index in [1.807, 2.05) is 6.92 Å². The Morgan fingerprint density at radius 1 is 1.23 bits per heavy atom. The van der Waals surface area contributed by atoms with Gasteiger partial charge in [-0.1, -0.05) is 19.8 Å². The molecule has 1 N–H and O–H groups in total. The van der Waals surface area contributed by atoms with E-state index in [-0.39, 0.29) is 23.1 Å². The number of rotatable bonds is 8. The number of nitrogens with zero attached hydrogens (tertiary/aromatic N) is 2. The van der Waals surface area contributed by atoms with Crippen LogP contribution in [0.3, 0.4) is 0 Å². The monoisotopic (exact) mass is 435 g/mol. The molecule has 2 heterocycles. The van der Waals surface area contributed by atoms with Crippen LogP contribution in [0.5, 0.6) is 5.75 Å². The zero-order chi connectivity index (χ0) is 21.6. The molecule has 0 aliphatic heterocycles. The molecule has 0 saturated carbocycles. The fourth-order valence-corrected chi connectivity index (χ4v) is 3.42. The Bertz CT molecular complexity index is 991. The standard InChI is InChI=1S/C21H20F3N3O2S/c1-2-3-4-10-29-18-8-7-15(11-16(18)21(22,23)24)26-19(28)20-27-17(13-30-20)14-6-5-9-25-12-14/h5-9,11-13H,2-4,10H2,1H3,(H,26,28). The van der Waals surface area contributed by atoms with Gasteiger partial charge in [-0.2, -0.15) is 13.2 Å². The topological polar surface area (TPSA) is 64.1 Å². The third-order valence-electron chi connectivity index (χ3n) is 4.20. The van der Waals surface area contributed by atoms with Crippen LogP contribution >= 0.6 is 11.3 Å². The molecule has 0 unspecified atom stereocenters. The zero-order valence-corrected chi connectivity index (χ0v) is 17.0. The minimum Gasteiger partial charge on any atom is -0.493 e. The number of thiazole rings is 1. The summed E-state index contributed by atoms with van der Waals surface area (Å²) < 4.78 is 45.7. The number of hydrogen-bond acceptors (Lipinski definition) is 5. The lowest BCUT2D eigenvalue weighted by atomic mass is 10.1. The van der Waals surface area contributed by atoms with Gasteiger partial charge in [-0.3, -0.25) is 9.78 Å². The average Bonchev–Trinajstić information content (AvgIpc) is 3.22. The number of ether oxygens (including phenoxy) is 1. The van der Waals surface area contributed by atoms with Gasteiger partial charge in [-0.25, -0.2) is 4.98 Å². The van der Waals surface area contributed by atoms with Gasteiger partial charge in [0.1, 0.15) is 5.75 Å². The van der Waals surface area contributed by atoms with Crippen LogP contribution in [0.1, 0.15) is 41.6 Å². The van der Waals surface area contributed by atoms with Gasteiger partial charge in [0.05, 0.1) is 17.9 Å². The SMILES string of the molecule is CCCCCOc1ccc(NC(=O)c2nc(-c3cccnc3)cs2)cc1C(F)(F)F. The van der Waals surface area contributed by atoms with Gasteiger partial charge in [-0.15, -0.1) is 11.3 Å². The lowest BCUT2D eigenvalue weighted by molar-refractivity contribution is -0.138. The first-order chi connectivity index (χ1) is 14.4. The molecular weight excluding hydrogens is 415 g/mol. The van der Waals surface area contributed by atoms with Gasteiger partial charge in [0, 0.05) is 29.0 Å². The first kappa shape index (κ1) is 21.8. The highest BCUT2D eigenvalue weighted by molar-refractivity contribution is 7.12. The summed E-state index contributed by atoms with van der Waals surface area (Å²) in [6.07, 6.45) is 1.14. The molecule has 5 nitrogen and oxygen atoms in total. The Morgan fingerprint density at radius 3 is 2.77 bits per heavy atom. The summed E-state index contributed by atoms with van der Waals surface area (Å²) in [4.78, 5) is 20.7. The molecule has 30 heavy (non-hydrogen) atoms. The second-order valence-electron chi connectivity index (χ2n) is 6.50. The Morgan fingerprint density at radius 2 is 2.07 bits per heavy atom. The van der Waals surface area contributed by atoms with E-state index in [4.69, 9.17) is 4.74 Å². The molecule has 158 valence electrons. The molecule has 9 heteroatoms. The number of anilines is 1. The summed E-state index contributed by atoms with van der Waals surface area (Å²) in [6, 6.07) is 7.05. The van der Waals surface area contributed by atoms with E-state index >= 15 is 0 Å². The third-order valence-corrected chi connectivity index (χ3v) is 5.05. The minimum atomic E-state index is -4.60. The van der Waals surface area contributed by atoms with Crippen LogP contribution in [0.2, 0.25) is 0 Å². The maximum atomic E-state index is 13.4. The molecule has 1 amide bonds. The fraction of sp³-hybridized carbons (Fsp3) is 0.286. The van der Waals surface area contributed by atoms with Crippen LogP contribution in [0.4, 0.5) is 18.9 Å². The highest BCUT2D eigenvalue weighted by Crippen LogP contribution is 2.38. The van der Waals surface area contributed by atoms with Gasteiger partial charge in [0.15, 0.2) is 5.01 Å². The molecular formula is C21H20F3N3O2S. The van der Waals surface area contributed by atoms with Crippen molar-refractivity contribution in [3.63, 3.8) is 0 Å². The number of benzene rings is 1. The molecule has 0 atom stereocenters. The third kappa shape index (κ3) is 5.56. The van der Waals surface area contributed by atoms with Gasteiger partial charge in [0.25, 0.3) is 5.91 Å². The van der Waals surface area contributed by atoms with Crippen molar-refractivity contribution in [3.05, 3.63) is 58.7 Å². The van der Waals surface area contributed by atoms with Crippen molar-refractivity contribution in [1.29, 1.82) is 0 Å². The van der Waals surface area contributed by atoms with E-state index in [0.717, 1.165) is 35.8 Å². The van der Waals surface area contributed by atoms with Gasteiger partial charge in [0.2, 0.25) is 0 Å². The van der Waals surface area contributed by atoms with E-state index in [0.29, 0.717) is 12.1 Å². The van der Waals surface area contributed by atoms with Crippen LogP contribution in [-0.4, -0.2) is 22.5 Å². The molecule has 0 aliphatic carbocycles. The predicted octanol–water partition coefficient (Wildman–Crippen LogP) is 6.05. The van der Waals surface area contributed by atoms with Gasteiger partial charge >= 0.3 is 6.18 Å². The second kappa shape index (κ2) is 9.71. The van der Waals surface area contributed by atoms with Crippen molar-refractivity contribution in [2.75, 3.05) is 11.9 Å². The number of nitrogens with one attached hydrogen (secondary N) is 1. The maximum Gasteiger partial charge on any atom is 0.420 e. The quantitative estimate of drug-likeness (QED) is 0.438. The highest BCUT2D eigenvalue weighted by atomic mass is 32.1. The molecule has 1 aromatic carbocycles. The second-order valence-corrected chi connectivity index (χ2v) is 7.36. The largest absolute Gasteiger partial charge is 0.493 e. The lowest BCUT2D eigenvalue weighted by Gasteiger charge is -2.15. The first-order valence-corrected chi connectivity index (χ1v) is 10.3. The van der Waals surface area contributed by atoms with Crippen LogP contribution in [-0.2, 0) is 6.18 Å². The summed E-state index contributed by atoms with van der Waals surface area (Å²) >= 11 is 1.10. The maximum absolute atomic E-state index is 13.4. The van der Waals surface area contributed by atoms with E-state index in [2.05, 4.69) is 15.3 Å². The molecule has 3 rings (SSSR count). The Balaban J connectivity index is 1.74. The molecule has 0 spiro atoms. The zero-order valence-electron chi connectivity index (χ0n) is 16.2. The summed E-state index contributed by atoms with van der Waals surface area (Å²) in [5.74, 6) is -0.829. The average molecular weight is 435 g/mol. The molecule has 0 bridgehead atoms. The fourth-order valence-electron chi connectivity index (χ4n) is 2.70. The van der Waals surface area contributed by atoms with Crippen molar-refractivity contribution >= 4 is 22.9 Å². The van der Waals surface area contributed by atoms with Crippen LogP contribution < -0.4 is 10.1 Å². The molecule has 0 aliphatic rings. The van der Waals surface area contributed by atoms with Gasteiger partial charge < -0.3 is 10.1 Å². The van der Waals surface area contributed by atoms with Crippen molar-refractivity contribution in [2.24, 2.45) is 0 Å². The molecule has 0 radical (unpaired) electrons. The smallest absolute Gasteiger partial charge is 0.420 e.